The van der Waals surface area contributed by atoms with Gasteiger partial charge in [0.25, 0.3) is 0 Å². The fraction of sp³-hybridized carbons (Fsp3) is 0.364. The molecule has 148 valence electrons. The standard InChI is InChI=1S/C22H23Cl2NO3/c1-13(2)9-18-15-8-7-14(23)10-17(15)19(16-5-3-4-6-20(16)24)11-25(22(18)28)12-21(26)27/h3-8,10,13,18-19H,9,11-12H2,1-2H3,(H,26,27). The monoisotopic (exact) mass is 419 g/mol. The van der Waals surface area contributed by atoms with Crippen molar-refractivity contribution < 1.29 is 14.7 Å². The van der Waals surface area contributed by atoms with E-state index < -0.39 is 11.9 Å². The molecule has 0 saturated carbocycles. The van der Waals surface area contributed by atoms with Gasteiger partial charge in [-0.05, 0) is 47.2 Å². The Hall–Kier alpha value is -2.04. The minimum absolute atomic E-state index is 0.158. The van der Waals surface area contributed by atoms with Gasteiger partial charge in [-0.3, -0.25) is 9.59 Å². The first-order chi connectivity index (χ1) is 13.3. The van der Waals surface area contributed by atoms with E-state index in [9.17, 15) is 14.7 Å². The van der Waals surface area contributed by atoms with Crippen molar-refractivity contribution in [2.24, 2.45) is 5.92 Å². The van der Waals surface area contributed by atoms with Crippen LogP contribution in [0.4, 0.5) is 0 Å². The lowest BCUT2D eigenvalue weighted by Crippen LogP contribution is -2.39. The topological polar surface area (TPSA) is 57.6 Å². The maximum atomic E-state index is 13.3. The third kappa shape index (κ3) is 4.34. The summed E-state index contributed by atoms with van der Waals surface area (Å²) in [6.07, 6.45) is 0.638. The van der Waals surface area contributed by atoms with Crippen LogP contribution in [0.15, 0.2) is 42.5 Å². The lowest BCUT2D eigenvalue weighted by Gasteiger charge is -2.26. The van der Waals surface area contributed by atoms with Gasteiger partial charge in [0.05, 0.1) is 5.92 Å². The van der Waals surface area contributed by atoms with Gasteiger partial charge in [0.2, 0.25) is 5.91 Å². The molecule has 3 rings (SSSR count). The van der Waals surface area contributed by atoms with Crippen LogP contribution in [0.25, 0.3) is 0 Å². The first kappa shape index (κ1) is 20.7. The van der Waals surface area contributed by atoms with Crippen LogP contribution in [0.2, 0.25) is 10.0 Å². The molecule has 0 aromatic heterocycles. The third-order valence-electron chi connectivity index (χ3n) is 5.13. The summed E-state index contributed by atoms with van der Waals surface area (Å²) in [5.74, 6) is -1.56. The van der Waals surface area contributed by atoms with Crippen molar-refractivity contribution in [3.63, 3.8) is 0 Å². The number of fused-ring (bicyclic) bond motifs is 1. The van der Waals surface area contributed by atoms with E-state index in [0.717, 1.165) is 16.7 Å². The molecular formula is C22H23Cl2NO3. The molecule has 0 spiro atoms. The Morgan fingerprint density at radius 3 is 2.50 bits per heavy atom. The molecule has 2 aromatic rings. The van der Waals surface area contributed by atoms with Gasteiger partial charge in [-0.25, -0.2) is 0 Å². The molecule has 1 N–H and O–H groups in total. The normalized spacial score (nSPS) is 19.5. The molecule has 2 unspecified atom stereocenters. The second kappa shape index (κ2) is 8.54. The fourth-order valence-electron chi connectivity index (χ4n) is 3.96. The highest BCUT2D eigenvalue weighted by molar-refractivity contribution is 6.31. The Balaban J connectivity index is 2.20. The summed E-state index contributed by atoms with van der Waals surface area (Å²) in [5, 5.41) is 10.5. The van der Waals surface area contributed by atoms with Gasteiger partial charge in [-0.1, -0.05) is 61.3 Å². The highest BCUT2D eigenvalue weighted by Crippen LogP contribution is 2.41. The predicted octanol–water partition coefficient (Wildman–Crippen LogP) is 5.18. The average Bonchev–Trinajstić information content (AvgIpc) is 2.72. The molecule has 2 aromatic carbocycles. The molecule has 2 atom stereocenters. The minimum atomic E-state index is -1.03. The van der Waals surface area contributed by atoms with Crippen molar-refractivity contribution in [3.05, 3.63) is 69.2 Å². The van der Waals surface area contributed by atoms with Crippen LogP contribution in [0.5, 0.6) is 0 Å². The zero-order chi connectivity index (χ0) is 20.4. The molecule has 6 heteroatoms. The van der Waals surface area contributed by atoms with Crippen molar-refractivity contribution in [2.45, 2.75) is 32.1 Å². The van der Waals surface area contributed by atoms with Gasteiger partial charge >= 0.3 is 5.97 Å². The predicted molar refractivity (Wildman–Crippen MR) is 111 cm³/mol. The molecule has 0 bridgehead atoms. The summed E-state index contributed by atoms with van der Waals surface area (Å²) in [6.45, 7) is 4.02. The highest BCUT2D eigenvalue weighted by Gasteiger charge is 2.37. The number of aliphatic carboxylic acids is 1. The largest absolute Gasteiger partial charge is 0.480 e. The molecule has 4 nitrogen and oxygen atoms in total. The number of nitrogens with zero attached hydrogens (tertiary/aromatic N) is 1. The number of hydrogen-bond donors (Lipinski definition) is 1. The van der Waals surface area contributed by atoms with Gasteiger partial charge in [0, 0.05) is 22.5 Å². The quantitative estimate of drug-likeness (QED) is 0.725. The summed E-state index contributed by atoms with van der Waals surface area (Å²) in [5.41, 5.74) is 2.70. The van der Waals surface area contributed by atoms with Gasteiger partial charge in [-0.15, -0.1) is 0 Å². The average molecular weight is 420 g/mol. The summed E-state index contributed by atoms with van der Waals surface area (Å²) < 4.78 is 0. The van der Waals surface area contributed by atoms with Crippen LogP contribution >= 0.6 is 23.2 Å². The third-order valence-corrected chi connectivity index (χ3v) is 5.71. The fourth-order valence-corrected chi connectivity index (χ4v) is 4.40. The van der Waals surface area contributed by atoms with Crippen LogP contribution in [0.3, 0.4) is 0 Å². The molecule has 0 radical (unpaired) electrons. The Morgan fingerprint density at radius 2 is 1.86 bits per heavy atom. The number of carboxylic acids is 1. The Morgan fingerprint density at radius 1 is 1.14 bits per heavy atom. The lowest BCUT2D eigenvalue weighted by atomic mass is 9.82. The van der Waals surface area contributed by atoms with Gasteiger partial charge < -0.3 is 10.0 Å². The van der Waals surface area contributed by atoms with Crippen molar-refractivity contribution in [1.29, 1.82) is 0 Å². The van der Waals surface area contributed by atoms with Crippen LogP contribution in [-0.4, -0.2) is 35.0 Å². The van der Waals surface area contributed by atoms with E-state index in [4.69, 9.17) is 23.2 Å². The number of hydrogen-bond acceptors (Lipinski definition) is 2. The van der Waals surface area contributed by atoms with E-state index in [2.05, 4.69) is 13.8 Å². The molecular weight excluding hydrogens is 397 g/mol. The summed E-state index contributed by atoms with van der Waals surface area (Å²) in [6, 6.07) is 13.0. The van der Waals surface area contributed by atoms with Crippen LogP contribution in [0.1, 0.15) is 48.8 Å². The first-order valence-corrected chi connectivity index (χ1v) is 10.1. The number of benzene rings is 2. The molecule has 0 aliphatic carbocycles. The van der Waals surface area contributed by atoms with Gasteiger partial charge in [0.15, 0.2) is 0 Å². The van der Waals surface area contributed by atoms with E-state index in [1.165, 1.54) is 4.90 Å². The minimum Gasteiger partial charge on any atom is -0.480 e. The molecule has 1 heterocycles. The molecule has 0 fully saturated rings. The number of amides is 1. The van der Waals surface area contributed by atoms with Crippen LogP contribution < -0.4 is 0 Å². The second-order valence-electron chi connectivity index (χ2n) is 7.64. The lowest BCUT2D eigenvalue weighted by molar-refractivity contribution is -0.145. The van der Waals surface area contributed by atoms with E-state index in [1.807, 2.05) is 30.3 Å². The number of carbonyl (C=O) groups excluding carboxylic acids is 1. The van der Waals surface area contributed by atoms with Crippen molar-refractivity contribution >= 4 is 35.1 Å². The Kier molecular flexibility index (Phi) is 6.31. The zero-order valence-corrected chi connectivity index (χ0v) is 17.4. The maximum absolute atomic E-state index is 13.3. The Bertz CT molecular complexity index is 897. The first-order valence-electron chi connectivity index (χ1n) is 9.32. The molecule has 1 amide bonds. The smallest absolute Gasteiger partial charge is 0.323 e. The summed E-state index contributed by atoms with van der Waals surface area (Å²) >= 11 is 12.8. The molecule has 1 aliphatic rings. The molecule has 28 heavy (non-hydrogen) atoms. The summed E-state index contributed by atoms with van der Waals surface area (Å²) in [4.78, 5) is 26.2. The van der Waals surface area contributed by atoms with Crippen LogP contribution in [-0.2, 0) is 9.59 Å². The van der Waals surface area contributed by atoms with Crippen molar-refractivity contribution in [3.8, 4) is 0 Å². The van der Waals surface area contributed by atoms with Gasteiger partial charge in [-0.2, -0.15) is 0 Å². The SMILES string of the molecule is CC(C)CC1C(=O)N(CC(=O)O)CC(c2ccccc2Cl)c2cc(Cl)ccc21. The maximum Gasteiger partial charge on any atom is 0.323 e. The molecule has 0 saturated heterocycles. The second-order valence-corrected chi connectivity index (χ2v) is 8.49. The number of rotatable bonds is 5. The number of carbonyl (C=O) groups is 2. The van der Waals surface area contributed by atoms with Crippen LogP contribution in [0, 0.1) is 5.92 Å². The molecule has 1 aliphatic heterocycles. The van der Waals surface area contributed by atoms with Gasteiger partial charge in [0.1, 0.15) is 6.54 Å². The van der Waals surface area contributed by atoms with E-state index in [-0.39, 0.29) is 30.8 Å². The van der Waals surface area contributed by atoms with E-state index in [0.29, 0.717) is 16.5 Å². The van der Waals surface area contributed by atoms with Crippen molar-refractivity contribution in [1.82, 2.24) is 4.90 Å². The summed E-state index contributed by atoms with van der Waals surface area (Å²) in [7, 11) is 0. The van der Waals surface area contributed by atoms with E-state index in [1.54, 1.807) is 12.1 Å². The zero-order valence-electron chi connectivity index (χ0n) is 15.9. The number of carboxylic acid groups (broad SMARTS) is 1. The van der Waals surface area contributed by atoms with Crippen molar-refractivity contribution in [2.75, 3.05) is 13.1 Å². The van der Waals surface area contributed by atoms with E-state index >= 15 is 0 Å². The Labute approximate surface area is 175 Å². The highest BCUT2D eigenvalue weighted by atomic mass is 35.5. The number of halogens is 2.